The van der Waals surface area contributed by atoms with Crippen molar-refractivity contribution in [3.05, 3.63) is 42.0 Å². The third-order valence-electron chi connectivity index (χ3n) is 2.38. The van der Waals surface area contributed by atoms with Crippen LogP contribution in [-0.2, 0) is 10.1 Å². The predicted molar refractivity (Wildman–Crippen MR) is 60.7 cm³/mol. The molecule has 5 nitrogen and oxygen atoms in total. The lowest BCUT2D eigenvalue weighted by molar-refractivity contribution is 0.0699. The van der Waals surface area contributed by atoms with Gasteiger partial charge in [-0.25, -0.2) is 4.79 Å². The van der Waals surface area contributed by atoms with Crippen molar-refractivity contribution < 1.29 is 22.9 Å². The number of hydrogen-bond donors (Lipinski definition) is 2. The summed E-state index contributed by atoms with van der Waals surface area (Å²) in [5.41, 5.74) is -0.00648. The van der Waals surface area contributed by atoms with Gasteiger partial charge in [-0.1, -0.05) is 18.2 Å². The maximum absolute atomic E-state index is 11.0. The topological polar surface area (TPSA) is 91.7 Å². The van der Waals surface area contributed by atoms with Crippen LogP contribution in [0.4, 0.5) is 0 Å². The van der Waals surface area contributed by atoms with Crippen LogP contribution >= 0.6 is 0 Å². The number of carbonyl (C=O) groups is 1. The number of carboxylic acid groups (broad SMARTS) is 1. The van der Waals surface area contributed by atoms with E-state index in [4.69, 9.17) is 9.66 Å². The summed E-state index contributed by atoms with van der Waals surface area (Å²) >= 11 is 0. The molecule has 0 bridgehead atoms. The lowest BCUT2D eigenvalue weighted by atomic mass is 10.1. The van der Waals surface area contributed by atoms with Crippen molar-refractivity contribution in [3.8, 4) is 0 Å². The molecule has 0 saturated heterocycles. The van der Waals surface area contributed by atoms with E-state index < -0.39 is 16.1 Å². The molecule has 6 heteroatoms. The van der Waals surface area contributed by atoms with Crippen LogP contribution in [0.3, 0.4) is 0 Å². The molecule has 0 fully saturated rings. The van der Waals surface area contributed by atoms with Crippen LogP contribution in [0.15, 0.2) is 41.3 Å². The first-order valence-corrected chi connectivity index (χ1v) is 6.07. The van der Waals surface area contributed by atoms with Gasteiger partial charge in [0.1, 0.15) is 0 Å². The number of aromatic carboxylic acids is 1. The molecule has 0 amide bonds. The minimum absolute atomic E-state index is 0.00648. The summed E-state index contributed by atoms with van der Waals surface area (Å²) in [6.45, 7) is 0. The molecule has 0 saturated carbocycles. The summed E-state index contributed by atoms with van der Waals surface area (Å²) in [5.74, 6) is -1.15. The monoisotopic (exact) mass is 252 g/mol. The van der Waals surface area contributed by atoms with Crippen LogP contribution in [0, 0.1) is 0 Å². The van der Waals surface area contributed by atoms with E-state index in [0.717, 1.165) is 6.07 Å². The Morgan fingerprint density at radius 2 is 1.82 bits per heavy atom. The number of rotatable bonds is 2. The molecule has 0 unspecified atom stereocenters. The Bertz CT molecular complexity index is 703. The second-order valence-corrected chi connectivity index (χ2v) is 4.89. The fraction of sp³-hybridized carbons (Fsp3) is 0. The Morgan fingerprint density at radius 1 is 1.12 bits per heavy atom. The van der Waals surface area contributed by atoms with E-state index in [0.29, 0.717) is 5.39 Å². The molecule has 88 valence electrons. The maximum Gasteiger partial charge on any atom is 0.336 e. The van der Waals surface area contributed by atoms with E-state index in [9.17, 15) is 13.2 Å². The van der Waals surface area contributed by atoms with Crippen molar-refractivity contribution in [3.63, 3.8) is 0 Å². The quantitative estimate of drug-likeness (QED) is 0.795. The molecular weight excluding hydrogens is 244 g/mol. The Labute approximate surface area is 97.1 Å². The van der Waals surface area contributed by atoms with Crippen molar-refractivity contribution in [1.29, 1.82) is 0 Å². The number of carboxylic acids is 1. The summed E-state index contributed by atoms with van der Waals surface area (Å²) in [7, 11) is -4.33. The van der Waals surface area contributed by atoms with Crippen molar-refractivity contribution in [2.75, 3.05) is 0 Å². The highest BCUT2D eigenvalue weighted by atomic mass is 32.2. The Kier molecular flexibility index (Phi) is 2.60. The Morgan fingerprint density at radius 3 is 2.41 bits per heavy atom. The van der Waals surface area contributed by atoms with Gasteiger partial charge in [-0.15, -0.1) is 0 Å². The first-order chi connectivity index (χ1) is 7.89. The van der Waals surface area contributed by atoms with Gasteiger partial charge in [-0.2, -0.15) is 8.42 Å². The van der Waals surface area contributed by atoms with Crippen molar-refractivity contribution >= 4 is 26.9 Å². The van der Waals surface area contributed by atoms with Gasteiger partial charge in [0.15, 0.2) is 0 Å². The fourth-order valence-corrected chi connectivity index (χ4v) is 2.11. The molecule has 0 aliphatic carbocycles. The SMILES string of the molecule is O=C(O)c1cccc2ccc(S(=O)(=O)O)cc12. The number of hydrogen-bond acceptors (Lipinski definition) is 3. The van der Waals surface area contributed by atoms with E-state index in [-0.39, 0.29) is 15.8 Å². The first kappa shape index (κ1) is 11.6. The highest BCUT2D eigenvalue weighted by Crippen LogP contribution is 2.22. The van der Waals surface area contributed by atoms with Crippen molar-refractivity contribution in [2.24, 2.45) is 0 Å². The predicted octanol–water partition coefficient (Wildman–Crippen LogP) is 1.78. The van der Waals surface area contributed by atoms with Crippen LogP contribution in [-0.4, -0.2) is 24.0 Å². The van der Waals surface area contributed by atoms with Gasteiger partial charge < -0.3 is 5.11 Å². The first-order valence-electron chi connectivity index (χ1n) is 4.63. The fourth-order valence-electron chi connectivity index (χ4n) is 1.60. The molecule has 0 aromatic heterocycles. The number of fused-ring (bicyclic) bond motifs is 1. The van der Waals surface area contributed by atoms with Crippen LogP contribution in [0.2, 0.25) is 0 Å². The zero-order valence-electron chi connectivity index (χ0n) is 8.49. The van der Waals surface area contributed by atoms with Crippen LogP contribution in [0.25, 0.3) is 10.8 Å². The van der Waals surface area contributed by atoms with Gasteiger partial charge in [0.25, 0.3) is 10.1 Å². The van der Waals surface area contributed by atoms with Crippen LogP contribution in [0.5, 0.6) is 0 Å². The minimum atomic E-state index is -4.33. The van der Waals surface area contributed by atoms with Gasteiger partial charge in [0.05, 0.1) is 10.5 Å². The molecule has 0 radical (unpaired) electrons. The summed E-state index contributed by atoms with van der Waals surface area (Å²) < 4.78 is 30.8. The molecule has 0 aliphatic heterocycles. The highest BCUT2D eigenvalue weighted by molar-refractivity contribution is 7.85. The van der Waals surface area contributed by atoms with E-state index in [1.165, 1.54) is 18.2 Å². The van der Waals surface area contributed by atoms with E-state index in [1.807, 2.05) is 0 Å². The molecule has 2 N–H and O–H groups in total. The normalized spacial score (nSPS) is 11.6. The van der Waals surface area contributed by atoms with Crippen molar-refractivity contribution in [1.82, 2.24) is 0 Å². The maximum atomic E-state index is 11.0. The molecule has 17 heavy (non-hydrogen) atoms. The van der Waals surface area contributed by atoms with Crippen molar-refractivity contribution in [2.45, 2.75) is 4.90 Å². The third kappa shape index (κ3) is 2.13. The molecular formula is C11H8O5S. The van der Waals surface area contributed by atoms with Crippen LogP contribution in [0.1, 0.15) is 10.4 Å². The summed E-state index contributed by atoms with van der Waals surface area (Å²) in [6, 6.07) is 8.43. The second-order valence-electron chi connectivity index (χ2n) is 3.47. The van der Waals surface area contributed by atoms with E-state index in [1.54, 1.807) is 12.1 Å². The lowest BCUT2D eigenvalue weighted by Gasteiger charge is -2.04. The largest absolute Gasteiger partial charge is 0.478 e. The average Bonchev–Trinajstić information content (AvgIpc) is 2.26. The zero-order chi connectivity index (χ0) is 12.6. The Hall–Kier alpha value is -1.92. The molecule has 2 aromatic carbocycles. The summed E-state index contributed by atoms with van der Waals surface area (Å²) in [5, 5.41) is 9.83. The molecule has 2 aromatic rings. The molecule has 0 spiro atoms. The molecule has 2 rings (SSSR count). The second kappa shape index (κ2) is 3.83. The van der Waals surface area contributed by atoms with Gasteiger partial charge >= 0.3 is 5.97 Å². The average molecular weight is 252 g/mol. The number of benzene rings is 2. The summed E-state index contributed by atoms with van der Waals surface area (Å²) in [6.07, 6.45) is 0. The van der Waals surface area contributed by atoms with Gasteiger partial charge in [0.2, 0.25) is 0 Å². The Balaban J connectivity index is 2.84. The van der Waals surface area contributed by atoms with Gasteiger partial charge in [0, 0.05) is 0 Å². The molecule has 0 heterocycles. The zero-order valence-corrected chi connectivity index (χ0v) is 9.31. The minimum Gasteiger partial charge on any atom is -0.478 e. The highest BCUT2D eigenvalue weighted by Gasteiger charge is 2.13. The van der Waals surface area contributed by atoms with E-state index in [2.05, 4.69) is 0 Å². The lowest BCUT2D eigenvalue weighted by Crippen LogP contribution is -2.00. The molecule has 0 atom stereocenters. The third-order valence-corrected chi connectivity index (χ3v) is 3.23. The molecule has 0 aliphatic rings. The van der Waals surface area contributed by atoms with E-state index >= 15 is 0 Å². The standard InChI is InChI=1S/C11H8O5S/c12-11(13)9-3-1-2-7-4-5-8(6-10(7)9)17(14,15)16/h1-6H,(H,12,13)(H,14,15,16). The summed E-state index contributed by atoms with van der Waals surface area (Å²) in [4.78, 5) is 10.6. The van der Waals surface area contributed by atoms with Gasteiger partial charge in [-0.05, 0) is 29.0 Å². The van der Waals surface area contributed by atoms with Crippen LogP contribution < -0.4 is 0 Å². The van der Waals surface area contributed by atoms with Gasteiger partial charge in [-0.3, -0.25) is 4.55 Å². The smallest absolute Gasteiger partial charge is 0.336 e.